The minimum absolute atomic E-state index is 0.123. The highest BCUT2D eigenvalue weighted by molar-refractivity contribution is 7.86. The number of nitrogens with zero attached hydrogens (tertiary/aromatic N) is 2. The Balaban J connectivity index is 2.22. The molecule has 1 heterocycles. The summed E-state index contributed by atoms with van der Waals surface area (Å²) in [5.41, 5.74) is 2.81. The first-order chi connectivity index (χ1) is 10.5. The normalized spacial score (nSPS) is 12.2. The van der Waals surface area contributed by atoms with Gasteiger partial charge in [-0.3, -0.25) is 4.55 Å². The molecule has 6 heteroatoms. The van der Waals surface area contributed by atoms with E-state index in [-0.39, 0.29) is 4.90 Å². The molecule has 0 saturated heterocycles. The monoisotopic (exact) mass is 310 g/mol. The van der Waals surface area contributed by atoms with Gasteiger partial charge in [-0.1, -0.05) is 30.3 Å². The van der Waals surface area contributed by atoms with Gasteiger partial charge in [0.2, 0.25) is 0 Å². The SMILES string of the molecule is O=S(=O)(O)c1cccc2c1ccc1nc3ccccc3nc12. The van der Waals surface area contributed by atoms with Crippen molar-refractivity contribution < 1.29 is 13.0 Å². The Kier molecular flexibility index (Phi) is 2.66. The van der Waals surface area contributed by atoms with Gasteiger partial charge in [0.1, 0.15) is 4.90 Å². The van der Waals surface area contributed by atoms with E-state index in [1.54, 1.807) is 24.3 Å². The third-order valence-corrected chi connectivity index (χ3v) is 4.52. The van der Waals surface area contributed by atoms with Crippen LogP contribution in [0.25, 0.3) is 32.8 Å². The smallest absolute Gasteiger partial charge is 0.282 e. The molecule has 0 fully saturated rings. The van der Waals surface area contributed by atoms with Crippen LogP contribution in [-0.4, -0.2) is 22.9 Å². The van der Waals surface area contributed by atoms with Crippen LogP contribution in [0.2, 0.25) is 0 Å². The van der Waals surface area contributed by atoms with Gasteiger partial charge in [0.05, 0.1) is 22.1 Å². The fraction of sp³-hybridized carbons (Fsp3) is 0. The molecular formula is C16H10N2O3S. The van der Waals surface area contributed by atoms with Crippen LogP contribution in [0.4, 0.5) is 0 Å². The van der Waals surface area contributed by atoms with E-state index in [2.05, 4.69) is 9.97 Å². The van der Waals surface area contributed by atoms with Crippen molar-refractivity contribution in [3.63, 3.8) is 0 Å². The van der Waals surface area contributed by atoms with Crippen LogP contribution < -0.4 is 0 Å². The van der Waals surface area contributed by atoms with Crippen molar-refractivity contribution in [2.45, 2.75) is 4.90 Å². The first-order valence-corrected chi connectivity index (χ1v) is 8.04. The number of hydrogen-bond donors (Lipinski definition) is 1. The quantitative estimate of drug-likeness (QED) is 0.332. The molecule has 0 bridgehead atoms. The molecule has 1 aromatic heterocycles. The summed E-state index contributed by atoms with van der Waals surface area (Å²) < 4.78 is 32.4. The molecule has 3 aromatic carbocycles. The molecule has 0 spiro atoms. The summed E-state index contributed by atoms with van der Waals surface area (Å²) in [5, 5.41) is 1.08. The standard InChI is InChI=1S/C16H10N2O3S/c19-22(20,21)15-7-3-4-11-10(15)8-9-14-16(11)18-13-6-2-1-5-12(13)17-14/h1-9H,(H,19,20,21). The molecule has 4 rings (SSSR count). The van der Waals surface area contributed by atoms with Crippen LogP contribution in [-0.2, 0) is 10.1 Å². The van der Waals surface area contributed by atoms with E-state index >= 15 is 0 Å². The molecule has 0 radical (unpaired) electrons. The molecule has 0 saturated carbocycles. The Morgan fingerprint density at radius 3 is 2.18 bits per heavy atom. The molecule has 1 N–H and O–H groups in total. The van der Waals surface area contributed by atoms with E-state index in [0.29, 0.717) is 21.8 Å². The van der Waals surface area contributed by atoms with Crippen molar-refractivity contribution in [3.8, 4) is 0 Å². The Morgan fingerprint density at radius 2 is 1.45 bits per heavy atom. The Labute approximate surface area is 126 Å². The molecule has 4 aromatic rings. The summed E-state index contributed by atoms with van der Waals surface area (Å²) >= 11 is 0. The number of aromatic nitrogens is 2. The van der Waals surface area contributed by atoms with Gasteiger partial charge < -0.3 is 0 Å². The van der Waals surface area contributed by atoms with E-state index in [4.69, 9.17) is 0 Å². The summed E-state index contributed by atoms with van der Waals surface area (Å²) in [6.45, 7) is 0. The molecule has 0 unspecified atom stereocenters. The van der Waals surface area contributed by atoms with Crippen molar-refractivity contribution in [2.75, 3.05) is 0 Å². The van der Waals surface area contributed by atoms with Crippen LogP contribution in [0.1, 0.15) is 0 Å². The third kappa shape index (κ3) is 1.93. The molecule has 0 amide bonds. The fourth-order valence-electron chi connectivity index (χ4n) is 2.64. The van der Waals surface area contributed by atoms with E-state index in [9.17, 15) is 13.0 Å². The van der Waals surface area contributed by atoms with Gasteiger partial charge in [0.15, 0.2) is 0 Å². The molecule has 22 heavy (non-hydrogen) atoms. The van der Waals surface area contributed by atoms with Gasteiger partial charge >= 0.3 is 0 Å². The summed E-state index contributed by atoms with van der Waals surface area (Å²) in [7, 11) is -4.29. The van der Waals surface area contributed by atoms with E-state index in [1.807, 2.05) is 24.3 Å². The number of benzene rings is 3. The number of fused-ring (bicyclic) bond motifs is 4. The first-order valence-electron chi connectivity index (χ1n) is 6.60. The first kappa shape index (κ1) is 13.1. The third-order valence-electron chi connectivity index (χ3n) is 3.60. The predicted molar refractivity (Wildman–Crippen MR) is 84.4 cm³/mol. The zero-order chi connectivity index (χ0) is 15.3. The average Bonchev–Trinajstić information content (AvgIpc) is 2.51. The minimum atomic E-state index is -4.29. The van der Waals surface area contributed by atoms with Gasteiger partial charge in [0, 0.05) is 10.8 Å². The van der Waals surface area contributed by atoms with Crippen molar-refractivity contribution >= 4 is 43.0 Å². The molecule has 0 aliphatic rings. The summed E-state index contributed by atoms with van der Waals surface area (Å²) in [6.07, 6.45) is 0. The Hall–Kier alpha value is -2.57. The molecule has 108 valence electrons. The minimum Gasteiger partial charge on any atom is -0.282 e. The van der Waals surface area contributed by atoms with Crippen LogP contribution >= 0.6 is 0 Å². The maximum atomic E-state index is 11.5. The highest BCUT2D eigenvalue weighted by Gasteiger charge is 2.15. The second-order valence-electron chi connectivity index (χ2n) is 4.97. The van der Waals surface area contributed by atoms with E-state index in [1.165, 1.54) is 6.07 Å². The van der Waals surface area contributed by atoms with Crippen LogP contribution in [0.15, 0.2) is 59.5 Å². The number of rotatable bonds is 1. The lowest BCUT2D eigenvalue weighted by molar-refractivity contribution is 0.484. The van der Waals surface area contributed by atoms with Crippen LogP contribution in [0.3, 0.4) is 0 Å². The second kappa shape index (κ2) is 4.46. The van der Waals surface area contributed by atoms with E-state index in [0.717, 1.165) is 11.0 Å². The Bertz CT molecular complexity index is 1150. The number of para-hydroxylation sites is 2. The van der Waals surface area contributed by atoms with Gasteiger partial charge in [-0.25, -0.2) is 9.97 Å². The zero-order valence-corrected chi connectivity index (χ0v) is 12.1. The second-order valence-corrected chi connectivity index (χ2v) is 6.36. The Morgan fingerprint density at radius 1 is 0.727 bits per heavy atom. The van der Waals surface area contributed by atoms with Gasteiger partial charge in [-0.15, -0.1) is 0 Å². The van der Waals surface area contributed by atoms with Crippen molar-refractivity contribution in [1.29, 1.82) is 0 Å². The van der Waals surface area contributed by atoms with Crippen molar-refractivity contribution in [1.82, 2.24) is 9.97 Å². The fourth-order valence-corrected chi connectivity index (χ4v) is 3.34. The topological polar surface area (TPSA) is 80.2 Å². The lowest BCUT2D eigenvalue weighted by atomic mass is 10.1. The largest absolute Gasteiger partial charge is 0.295 e. The maximum Gasteiger partial charge on any atom is 0.295 e. The summed E-state index contributed by atoms with van der Waals surface area (Å²) in [6, 6.07) is 15.6. The van der Waals surface area contributed by atoms with Crippen molar-refractivity contribution in [3.05, 3.63) is 54.6 Å². The number of hydrogen-bond acceptors (Lipinski definition) is 4. The maximum absolute atomic E-state index is 11.5. The van der Waals surface area contributed by atoms with Crippen LogP contribution in [0, 0.1) is 0 Å². The highest BCUT2D eigenvalue weighted by atomic mass is 32.2. The van der Waals surface area contributed by atoms with Gasteiger partial charge in [-0.05, 0) is 24.3 Å². The van der Waals surface area contributed by atoms with Crippen molar-refractivity contribution in [2.24, 2.45) is 0 Å². The van der Waals surface area contributed by atoms with Gasteiger partial charge in [-0.2, -0.15) is 8.42 Å². The predicted octanol–water partition coefficient (Wildman–Crippen LogP) is 3.18. The average molecular weight is 310 g/mol. The van der Waals surface area contributed by atoms with E-state index < -0.39 is 10.1 Å². The summed E-state index contributed by atoms with van der Waals surface area (Å²) in [4.78, 5) is 9.01. The lowest BCUT2D eigenvalue weighted by Crippen LogP contribution is -1.99. The van der Waals surface area contributed by atoms with Gasteiger partial charge in [0.25, 0.3) is 10.1 Å². The molecule has 0 aliphatic carbocycles. The lowest BCUT2D eigenvalue weighted by Gasteiger charge is -2.07. The molecular weight excluding hydrogens is 300 g/mol. The molecule has 0 aliphatic heterocycles. The highest BCUT2D eigenvalue weighted by Crippen LogP contribution is 2.29. The molecule has 5 nitrogen and oxygen atoms in total. The zero-order valence-electron chi connectivity index (χ0n) is 11.3. The summed E-state index contributed by atoms with van der Waals surface area (Å²) in [5.74, 6) is 0. The van der Waals surface area contributed by atoms with Crippen LogP contribution in [0.5, 0.6) is 0 Å². The molecule has 0 atom stereocenters.